The van der Waals surface area contributed by atoms with Crippen LogP contribution in [0.2, 0.25) is 0 Å². The van der Waals surface area contributed by atoms with Crippen molar-refractivity contribution in [3.05, 3.63) is 29.6 Å². The van der Waals surface area contributed by atoms with Gasteiger partial charge in [-0.2, -0.15) is 4.31 Å². The van der Waals surface area contributed by atoms with Crippen LogP contribution in [0.4, 0.5) is 13.2 Å². The molecule has 4 nitrogen and oxygen atoms in total. The van der Waals surface area contributed by atoms with Crippen molar-refractivity contribution in [2.45, 2.75) is 17.7 Å². The molecule has 0 spiro atoms. The van der Waals surface area contributed by atoms with Gasteiger partial charge >= 0.3 is 0 Å². The molecule has 1 fully saturated rings. The largest absolute Gasteiger partial charge is 0.319 e. The average molecular weight is 359 g/mol. The summed E-state index contributed by atoms with van der Waals surface area (Å²) in [7, 11) is -2.32. The van der Waals surface area contributed by atoms with Gasteiger partial charge in [-0.05, 0) is 38.4 Å². The maximum atomic E-state index is 13.7. The topological polar surface area (TPSA) is 49.4 Å². The molecule has 0 amide bonds. The predicted octanol–water partition coefficient (Wildman–Crippen LogP) is 2.15. The second-order valence-electron chi connectivity index (χ2n) is 5.10. The molecular formula is C13H18ClF3N2O2S. The van der Waals surface area contributed by atoms with Gasteiger partial charge in [-0.1, -0.05) is 0 Å². The van der Waals surface area contributed by atoms with Gasteiger partial charge < -0.3 is 5.32 Å². The van der Waals surface area contributed by atoms with E-state index in [0.717, 1.165) is 10.8 Å². The fraction of sp³-hybridized carbons (Fsp3) is 0.538. The van der Waals surface area contributed by atoms with E-state index in [9.17, 15) is 21.6 Å². The normalized spacial score (nSPS) is 17.3. The summed E-state index contributed by atoms with van der Waals surface area (Å²) in [6.45, 7) is 1.27. The lowest BCUT2D eigenvalue weighted by atomic mass is 9.98. The molecule has 1 saturated heterocycles. The Kier molecular flexibility index (Phi) is 6.66. The van der Waals surface area contributed by atoms with E-state index >= 15 is 0 Å². The number of hydrogen-bond acceptors (Lipinski definition) is 3. The van der Waals surface area contributed by atoms with Crippen molar-refractivity contribution in [2.75, 3.05) is 26.7 Å². The third kappa shape index (κ3) is 3.92. The van der Waals surface area contributed by atoms with E-state index in [1.807, 2.05) is 7.05 Å². The van der Waals surface area contributed by atoms with E-state index in [1.54, 1.807) is 0 Å². The van der Waals surface area contributed by atoms with Crippen LogP contribution in [0.15, 0.2) is 17.0 Å². The molecule has 1 heterocycles. The highest BCUT2D eigenvalue weighted by Crippen LogP contribution is 2.26. The predicted molar refractivity (Wildman–Crippen MR) is 79.0 cm³/mol. The molecule has 1 aliphatic rings. The summed E-state index contributed by atoms with van der Waals surface area (Å²) in [4.78, 5) is -0.812. The van der Waals surface area contributed by atoms with Gasteiger partial charge in [-0.25, -0.2) is 21.6 Å². The quantitative estimate of drug-likeness (QED) is 0.839. The highest BCUT2D eigenvalue weighted by atomic mass is 35.5. The zero-order chi connectivity index (χ0) is 15.6. The monoisotopic (exact) mass is 358 g/mol. The zero-order valence-corrected chi connectivity index (χ0v) is 13.6. The summed E-state index contributed by atoms with van der Waals surface area (Å²) in [5.41, 5.74) is 0. The van der Waals surface area contributed by atoms with Gasteiger partial charge in [0.2, 0.25) is 10.0 Å². The number of rotatable bonds is 4. The highest BCUT2D eigenvalue weighted by molar-refractivity contribution is 7.89. The Morgan fingerprint density at radius 2 is 1.68 bits per heavy atom. The van der Waals surface area contributed by atoms with Crippen LogP contribution in [-0.2, 0) is 10.0 Å². The molecule has 0 aliphatic carbocycles. The van der Waals surface area contributed by atoms with Crippen molar-refractivity contribution in [1.29, 1.82) is 0 Å². The molecule has 0 saturated carbocycles. The first-order valence-electron chi connectivity index (χ1n) is 6.65. The maximum absolute atomic E-state index is 13.7. The Bertz CT molecular complexity index is 620. The van der Waals surface area contributed by atoms with Crippen LogP contribution in [0.5, 0.6) is 0 Å². The van der Waals surface area contributed by atoms with Gasteiger partial charge in [0.05, 0.1) is 0 Å². The Balaban J connectivity index is 0.00000242. The number of nitrogens with one attached hydrogen (secondary N) is 1. The van der Waals surface area contributed by atoms with Crippen LogP contribution in [0.1, 0.15) is 12.8 Å². The molecule has 2 rings (SSSR count). The van der Waals surface area contributed by atoms with E-state index in [4.69, 9.17) is 0 Å². The summed E-state index contributed by atoms with van der Waals surface area (Å²) < 4.78 is 65.5. The molecular weight excluding hydrogens is 341 g/mol. The third-order valence-electron chi connectivity index (χ3n) is 3.66. The molecule has 0 bridgehead atoms. The van der Waals surface area contributed by atoms with E-state index in [0.29, 0.717) is 24.8 Å². The van der Waals surface area contributed by atoms with Crippen LogP contribution in [0.25, 0.3) is 0 Å². The first-order chi connectivity index (χ1) is 9.86. The maximum Gasteiger partial charge on any atom is 0.246 e. The van der Waals surface area contributed by atoms with E-state index in [-0.39, 0.29) is 31.6 Å². The third-order valence-corrected chi connectivity index (χ3v) is 5.57. The lowest BCUT2D eigenvalue weighted by Gasteiger charge is -2.31. The molecule has 126 valence electrons. The number of benzene rings is 1. The van der Waals surface area contributed by atoms with Gasteiger partial charge in [0, 0.05) is 19.2 Å². The molecule has 0 atom stereocenters. The smallest absolute Gasteiger partial charge is 0.246 e. The number of halogens is 4. The van der Waals surface area contributed by atoms with Gasteiger partial charge in [-0.3, -0.25) is 0 Å². The fourth-order valence-corrected chi connectivity index (χ4v) is 4.01. The van der Waals surface area contributed by atoms with Gasteiger partial charge in [0.25, 0.3) is 0 Å². The Labute approximate surface area is 134 Å². The van der Waals surface area contributed by atoms with Gasteiger partial charge in [0.1, 0.15) is 10.7 Å². The molecule has 9 heteroatoms. The van der Waals surface area contributed by atoms with Crippen molar-refractivity contribution in [3.63, 3.8) is 0 Å². The summed E-state index contributed by atoms with van der Waals surface area (Å²) in [6.07, 6.45) is 1.29. The van der Waals surface area contributed by atoms with Gasteiger partial charge in [-0.15, -0.1) is 12.4 Å². The fourth-order valence-electron chi connectivity index (χ4n) is 2.48. The summed E-state index contributed by atoms with van der Waals surface area (Å²) in [6, 6.07) is 0.662. The summed E-state index contributed by atoms with van der Waals surface area (Å²) >= 11 is 0. The molecule has 1 aromatic rings. The first kappa shape index (κ1) is 19.2. The Morgan fingerprint density at radius 3 is 2.23 bits per heavy atom. The molecule has 0 radical (unpaired) electrons. The van der Waals surface area contributed by atoms with Crippen LogP contribution in [0.3, 0.4) is 0 Å². The number of hydrogen-bond donors (Lipinski definition) is 1. The lowest BCUT2D eigenvalue weighted by molar-refractivity contribution is 0.270. The minimum Gasteiger partial charge on any atom is -0.319 e. The number of sulfonamides is 1. The summed E-state index contributed by atoms with van der Waals surface area (Å²) in [5, 5.41) is 3.03. The molecule has 22 heavy (non-hydrogen) atoms. The van der Waals surface area contributed by atoms with Crippen LogP contribution >= 0.6 is 12.4 Å². The first-order valence-corrected chi connectivity index (χ1v) is 8.09. The Hall–Kier alpha value is -0.830. The number of piperidine rings is 1. The minimum atomic E-state index is -4.14. The molecule has 0 unspecified atom stereocenters. The van der Waals surface area contributed by atoms with Crippen molar-refractivity contribution in [1.82, 2.24) is 9.62 Å². The van der Waals surface area contributed by atoms with Gasteiger partial charge in [0.15, 0.2) is 11.6 Å². The minimum absolute atomic E-state index is 0. The standard InChI is InChI=1S/C13H17F3N2O2S.ClH/c1-17-8-9-2-4-18(5-3-9)21(19,20)13-7-11(15)10(14)6-12(13)16;/h6-7,9,17H,2-5,8H2,1H3;1H. The molecule has 0 aromatic heterocycles. The molecule has 1 aromatic carbocycles. The van der Waals surface area contributed by atoms with E-state index < -0.39 is 32.4 Å². The molecule has 1 aliphatic heterocycles. The zero-order valence-electron chi connectivity index (χ0n) is 12.0. The van der Waals surface area contributed by atoms with Crippen LogP contribution in [-0.4, -0.2) is 39.4 Å². The van der Waals surface area contributed by atoms with Crippen LogP contribution < -0.4 is 5.32 Å². The SMILES string of the molecule is CNCC1CCN(S(=O)(=O)c2cc(F)c(F)cc2F)CC1.Cl. The van der Waals surface area contributed by atoms with E-state index in [1.165, 1.54) is 0 Å². The van der Waals surface area contributed by atoms with Crippen molar-refractivity contribution < 1.29 is 21.6 Å². The van der Waals surface area contributed by atoms with E-state index in [2.05, 4.69) is 5.32 Å². The van der Waals surface area contributed by atoms with Crippen molar-refractivity contribution >= 4 is 22.4 Å². The number of nitrogens with zero attached hydrogens (tertiary/aromatic N) is 1. The molecule has 1 N–H and O–H groups in total. The Morgan fingerprint density at radius 1 is 1.14 bits per heavy atom. The highest BCUT2D eigenvalue weighted by Gasteiger charge is 2.32. The van der Waals surface area contributed by atoms with Crippen molar-refractivity contribution in [3.8, 4) is 0 Å². The second kappa shape index (κ2) is 7.63. The average Bonchev–Trinajstić information content (AvgIpc) is 2.43. The van der Waals surface area contributed by atoms with Crippen LogP contribution in [0, 0.1) is 23.4 Å². The van der Waals surface area contributed by atoms with Crippen molar-refractivity contribution in [2.24, 2.45) is 5.92 Å². The lowest BCUT2D eigenvalue weighted by Crippen LogP contribution is -2.40. The second-order valence-corrected chi connectivity index (χ2v) is 7.01. The summed E-state index contributed by atoms with van der Waals surface area (Å²) in [5.74, 6) is -3.69.